The van der Waals surface area contributed by atoms with Crippen LogP contribution in [0.25, 0.3) is 0 Å². The van der Waals surface area contributed by atoms with E-state index in [-0.39, 0.29) is 11.9 Å². The van der Waals surface area contributed by atoms with E-state index in [1.807, 2.05) is 11.8 Å². The molecule has 1 fully saturated rings. The van der Waals surface area contributed by atoms with Crippen LogP contribution in [0, 0.1) is 6.92 Å². The van der Waals surface area contributed by atoms with E-state index in [4.69, 9.17) is 0 Å². The number of thiazole rings is 1. The number of carbonyl (C=O) groups is 1. The number of hydrogen-bond acceptors (Lipinski definition) is 4. The minimum atomic E-state index is 0.0388. The molecule has 0 bridgehead atoms. The van der Waals surface area contributed by atoms with Crippen molar-refractivity contribution in [2.24, 2.45) is 0 Å². The van der Waals surface area contributed by atoms with Crippen molar-refractivity contribution in [3.63, 3.8) is 0 Å². The smallest absolute Gasteiger partial charge is 0.272 e. The van der Waals surface area contributed by atoms with Crippen molar-refractivity contribution < 1.29 is 4.79 Å². The van der Waals surface area contributed by atoms with Gasteiger partial charge in [0.15, 0.2) is 0 Å². The summed E-state index contributed by atoms with van der Waals surface area (Å²) in [6, 6.07) is 0.103. The van der Waals surface area contributed by atoms with E-state index in [1.54, 1.807) is 17.5 Å². The average Bonchev–Trinajstić information content (AvgIpc) is 3.15. The SMILES string of the molecule is Cc1csc(C2CCCCN2C(=O)c2cnc(C(C)C)[nH]2)n1. The summed E-state index contributed by atoms with van der Waals surface area (Å²) in [7, 11) is 0. The van der Waals surface area contributed by atoms with Crippen LogP contribution in [0.1, 0.15) is 72.1 Å². The number of carbonyl (C=O) groups excluding carboxylic acids is 1. The maximum absolute atomic E-state index is 12.9. The van der Waals surface area contributed by atoms with Gasteiger partial charge in [-0.1, -0.05) is 13.8 Å². The molecule has 5 nitrogen and oxygen atoms in total. The molecule has 1 unspecified atom stereocenters. The summed E-state index contributed by atoms with van der Waals surface area (Å²) in [5, 5.41) is 3.11. The van der Waals surface area contributed by atoms with Gasteiger partial charge in [0.2, 0.25) is 0 Å². The Balaban J connectivity index is 1.84. The molecular formula is C16H22N4OS. The van der Waals surface area contributed by atoms with Crippen molar-refractivity contribution in [2.75, 3.05) is 6.54 Å². The van der Waals surface area contributed by atoms with Gasteiger partial charge in [-0.25, -0.2) is 9.97 Å². The van der Waals surface area contributed by atoms with Gasteiger partial charge in [0.1, 0.15) is 16.5 Å². The van der Waals surface area contributed by atoms with Gasteiger partial charge >= 0.3 is 0 Å². The fourth-order valence-corrected chi connectivity index (χ4v) is 3.79. The van der Waals surface area contributed by atoms with E-state index in [9.17, 15) is 4.79 Å². The second-order valence-electron chi connectivity index (χ2n) is 6.17. The molecule has 2 aromatic heterocycles. The Bertz CT molecular complexity index is 661. The van der Waals surface area contributed by atoms with Crippen LogP contribution in [-0.2, 0) is 0 Å². The molecule has 3 rings (SSSR count). The lowest BCUT2D eigenvalue weighted by Gasteiger charge is -2.34. The molecule has 1 aliphatic rings. The zero-order valence-electron chi connectivity index (χ0n) is 13.3. The van der Waals surface area contributed by atoms with Crippen molar-refractivity contribution in [3.05, 3.63) is 33.8 Å². The topological polar surface area (TPSA) is 61.9 Å². The van der Waals surface area contributed by atoms with E-state index >= 15 is 0 Å². The van der Waals surface area contributed by atoms with Crippen LogP contribution in [0.3, 0.4) is 0 Å². The number of nitrogens with one attached hydrogen (secondary N) is 1. The average molecular weight is 318 g/mol. The first-order valence-corrected chi connectivity index (χ1v) is 8.72. The first kappa shape index (κ1) is 15.2. The number of amides is 1. The molecule has 22 heavy (non-hydrogen) atoms. The number of aromatic amines is 1. The minimum absolute atomic E-state index is 0.0388. The Labute approximate surface area is 134 Å². The fourth-order valence-electron chi connectivity index (χ4n) is 2.85. The summed E-state index contributed by atoms with van der Waals surface area (Å²) in [4.78, 5) is 26.9. The van der Waals surface area contributed by atoms with Crippen LogP contribution in [0.2, 0.25) is 0 Å². The third kappa shape index (κ3) is 2.92. The maximum atomic E-state index is 12.9. The molecule has 1 atom stereocenters. The summed E-state index contributed by atoms with van der Waals surface area (Å²) in [6.07, 6.45) is 4.85. The van der Waals surface area contributed by atoms with Crippen molar-refractivity contribution in [2.45, 2.75) is 52.0 Å². The van der Waals surface area contributed by atoms with Gasteiger partial charge in [0.05, 0.1) is 12.2 Å². The Kier molecular flexibility index (Phi) is 4.29. The number of aromatic nitrogens is 3. The molecule has 1 aliphatic heterocycles. The summed E-state index contributed by atoms with van der Waals surface area (Å²) in [6.45, 7) is 6.92. The second kappa shape index (κ2) is 6.20. The summed E-state index contributed by atoms with van der Waals surface area (Å²) in [5.74, 6) is 1.19. The molecule has 118 valence electrons. The van der Waals surface area contributed by atoms with Crippen LogP contribution in [0.4, 0.5) is 0 Å². The number of piperidine rings is 1. The third-order valence-electron chi connectivity index (χ3n) is 4.06. The summed E-state index contributed by atoms with van der Waals surface area (Å²) >= 11 is 1.65. The fraction of sp³-hybridized carbons (Fsp3) is 0.562. The van der Waals surface area contributed by atoms with Gasteiger partial charge in [-0.2, -0.15) is 0 Å². The highest BCUT2D eigenvalue weighted by molar-refractivity contribution is 7.09. The summed E-state index contributed by atoms with van der Waals surface area (Å²) < 4.78 is 0. The highest BCUT2D eigenvalue weighted by Crippen LogP contribution is 2.33. The number of likely N-dealkylation sites (tertiary alicyclic amines) is 1. The summed E-state index contributed by atoms with van der Waals surface area (Å²) in [5.41, 5.74) is 1.62. The first-order valence-electron chi connectivity index (χ1n) is 7.84. The normalized spacial score (nSPS) is 18.9. The van der Waals surface area contributed by atoms with Crippen molar-refractivity contribution in [1.29, 1.82) is 0 Å². The largest absolute Gasteiger partial charge is 0.338 e. The zero-order chi connectivity index (χ0) is 15.7. The van der Waals surface area contributed by atoms with Crippen molar-refractivity contribution >= 4 is 17.2 Å². The molecule has 2 aromatic rings. The zero-order valence-corrected chi connectivity index (χ0v) is 14.1. The van der Waals surface area contributed by atoms with Crippen LogP contribution >= 0.6 is 11.3 Å². The standard InChI is InChI=1S/C16H22N4OS/c1-10(2)14-17-8-12(19-14)16(21)20-7-5-4-6-13(20)15-18-11(3)9-22-15/h8-10,13H,4-7H2,1-3H3,(H,17,19). The van der Waals surface area contributed by atoms with Crippen LogP contribution in [-0.4, -0.2) is 32.3 Å². The second-order valence-corrected chi connectivity index (χ2v) is 7.06. The molecule has 0 aromatic carbocycles. The Morgan fingerprint density at radius 3 is 2.91 bits per heavy atom. The van der Waals surface area contributed by atoms with Crippen molar-refractivity contribution in [1.82, 2.24) is 19.9 Å². The van der Waals surface area contributed by atoms with Gasteiger partial charge in [-0.3, -0.25) is 4.79 Å². The number of rotatable bonds is 3. The molecule has 0 spiro atoms. The number of hydrogen-bond donors (Lipinski definition) is 1. The predicted octanol–water partition coefficient (Wildman–Crippen LogP) is 3.67. The van der Waals surface area contributed by atoms with Gasteiger partial charge in [0, 0.05) is 23.5 Å². The molecule has 1 saturated heterocycles. The quantitative estimate of drug-likeness (QED) is 0.939. The lowest BCUT2D eigenvalue weighted by molar-refractivity contribution is 0.0605. The highest BCUT2D eigenvalue weighted by atomic mass is 32.1. The van der Waals surface area contributed by atoms with E-state index in [1.165, 1.54) is 0 Å². The molecular weight excluding hydrogens is 296 g/mol. The lowest BCUT2D eigenvalue weighted by Crippen LogP contribution is -2.38. The van der Waals surface area contributed by atoms with Crippen molar-refractivity contribution in [3.8, 4) is 0 Å². The van der Waals surface area contributed by atoms with Crippen LogP contribution in [0.5, 0.6) is 0 Å². The maximum Gasteiger partial charge on any atom is 0.272 e. The molecule has 0 radical (unpaired) electrons. The van der Waals surface area contributed by atoms with E-state index in [0.717, 1.165) is 42.3 Å². The number of nitrogens with zero attached hydrogens (tertiary/aromatic N) is 3. The van der Waals surface area contributed by atoms with E-state index < -0.39 is 0 Å². The molecule has 1 amide bonds. The first-order chi connectivity index (χ1) is 10.6. The number of imidazole rings is 1. The van der Waals surface area contributed by atoms with Gasteiger partial charge in [-0.15, -0.1) is 11.3 Å². The van der Waals surface area contributed by atoms with E-state index in [0.29, 0.717) is 11.6 Å². The van der Waals surface area contributed by atoms with Crippen LogP contribution < -0.4 is 0 Å². The third-order valence-corrected chi connectivity index (χ3v) is 5.12. The molecule has 3 heterocycles. The highest BCUT2D eigenvalue weighted by Gasteiger charge is 2.31. The predicted molar refractivity (Wildman–Crippen MR) is 87.2 cm³/mol. The Morgan fingerprint density at radius 1 is 1.45 bits per heavy atom. The molecule has 0 saturated carbocycles. The Morgan fingerprint density at radius 2 is 2.27 bits per heavy atom. The van der Waals surface area contributed by atoms with Gasteiger partial charge in [0.25, 0.3) is 5.91 Å². The number of aryl methyl sites for hydroxylation is 1. The van der Waals surface area contributed by atoms with Crippen LogP contribution in [0.15, 0.2) is 11.6 Å². The van der Waals surface area contributed by atoms with E-state index in [2.05, 4.69) is 34.2 Å². The minimum Gasteiger partial charge on any atom is -0.338 e. The molecule has 1 N–H and O–H groups in total. The molecule has 6 heteroatoms. The van der Waals surface area contributed by atoms with Gasteiger partial charge in [-0.05, 0) is 26.2 Å². The number of H-pyrrole nitrogens is 1. The molecule has 0 aliphatic carbocycles. The Hall–Kier alpha value is -1.69. The van der Waals surface area contributed by atoms with Gasteiger partial charge < -0.3 is 9.88 Å². The lowest BCUT2D eigenvalue weighted by atomic mass is 10.0. The monoisotopic (exact) mass is 318 g/mol.